The van der Waals surface area contributed by atoms with Crippen LogP contribution >= 0.6 is 11.3 Å². The summed E-state index contributed by atoms with van der Waals surface area (Å²) in [5.74, 6) is 0.365. The van der Waals surface area contributed by atoms with E-state index >= 15 is 0 Å². The first-order chi connectivity index (χ1) is 7.91. The number of aromatic amines is 1. The second kappa shape index (κ2) is 4.14. The van der Waals surface area contributed by atoms with E-state index in [2.05, 4.69) is 18.8 Å². The maximum atomic E-state index is 11.8. The number of aromatic nitrogens is 2. The van der Waals surface area contributed by atoms with Gasteiger partial charge in [0.15, 0.2) is 0 Å². The molecule has 0 aliphatic carbocycles. The van der Waals surface area contributed by atoms with E-state index in [1.165, 1.54) is 11.3 Å². The van der Waals surface area contributed by atoms with Gasteiger partial charge in [-0.25, -0.2) is 4.79 Å². The van der Waals surface area contributed by atoms with Gasteiger partial charge in [0.2, 0.25) is 0 Å². The third-order valence-corrected chi connectivity index (χ3v) is 4.08. The van der Waals surface area contributed by atoms with Crippen LogP contribution in [0.3, 0.4) is 0 Å². The summed E-state index contributed by atoms with van der Waals surface area (Å²) in [6.45, 7) is 8.64. The lowest BCUT2D eigenvalue weighted by Crippen LogP contribution is -2.31. The summed E-state index contributed by atoms with van der Waals surface area (Å²) >= 11 is 1.52. The molecule has 92 valence electrons. The van der Waals surface area contributed by atoms with Crippen molar-refractivity contribution >= 4 is 21.6 Å². The first-order valence-electron chi connectivity index (χ1n) is 5.64. The summed E-state index contributed by atoms with van der Waals surface area (Å²) in [5, 5.41) is 0.660. The molecule has 2 heterocycles. The quantitative estimate of drug-likeness (QED) is 0.889. The number of hydrogen-bond acceptors (Lipinski definition) is 3. The van der Waals surface area contributed by atoms with Crippen molar-refractivity contribution in [1.82, 2.24) is 9.55 Å². The van der Waals surface area contributed by atoms with E-state index in [9.17, 15) is 9.59 Å². The van der Waals surface area contributed by atoms with Crippen molar-refractivity contribution in [3.05, 3.63) is 31.3 Å². The van der Waals surface area contributed by atoms with Gasteiger partial charge in [0, 0.05) is 11.4 Å². The molecule has 0 aliphatic rings. The first-order valence-corrected chi connectivity index (χ1v) is 6.46. The Bertz CT molecular complexity index is 676. The minimum atomic E-state index is -0.308. The van der Waals surface area contributed by atoms with Crippen LogP contribution in [0.25, 0.3) is 10.2 Å². The molecule has 0 fully saturated rings. The second-order valence-corrected chi connectivity index (χ2v) is 5.93. The molecular weight excluding hydrogens is 236 g/mol. The van der Waals surface area contributed by atoms with Gasteiger partial charge < -0.3 is 0 Å². The van der Waals surface area contributed by atoms with Gasteiger partial charge in [0.05, 0.1) is 5.39 Å². The minimum absolute atomic E-state index is 0.271. The maximum absolute atomic E-state index is 11.8. The number of rotatable bonds is 2. The van der Waals surface area contributed by atoms with Crippen molar-refractivity contribution in [2.75, 3.05) is 0 Å². The summed E-state index contributed by atoms with van der Waals surface area (Å²) in [4.78, 5) is 27.9. The van der Waals surface area contributed by atoms with Crippen LogP contribution in [-0.2, 0) is 6.54 Å². The number of nitrogens with one attached hydrogen (secondary N) is 1. The molecule has 4 nitrogen and oxygen atoms in total. The number of hydrogen-bond donors (Lipinski definition) is 1. The number of nitrogens with zero attached hydrogens (tertiary/aromatic N) is 1. The fraction of sp³-hybridized carbons (Fsp3) is 0.500. The monoisotopic (exact) mass is 252 g/mol. The molecule has 17 heavy (non-hydrogen) atoms. The molecule has 5 heteroatoms. The Labute approximate surface area is 103 Å². The number of aryl methyl sites for hydroxylation is 2. The van der Waals surface area contributed by atoms with E-state index in [-0.39, 0.29) is 11.2 Å². The predicted molar refractivity (Wildman–Crippen MR) is 71.0 cm³/mol. The van der Waals surface area contributed by atoms with Gasteiger partial charge in [-0.05, 0) is 25.3 Å². The summed E-state index contributed by atoms with van der Waals surface area (Å²) in [5.41, 5.74) is 0.396. The molecule has 0 saturated heterocycles. The molecule has 0 bridgehead atoms. The standard InChI is InChI=1S/C12H16N2O2S/c1-6(2)5-14-11-9(7(3)8(4)17-11)10(15)13-12(14)16/h6H,5H2,1-4H3,(H,13,15,16). The summed E-state index contributed by atoms with van der Waals surface area (Å²) < 4.78 is 1.67. The van der Waals surface area contributed by atoms with Crippen LogP contribution < -0.4 is 11.2 Å². The van der Waals surface area contributed by atoms with Gasteiger partial charge in [0.25, 0.3) is 5.56 Å². The molecule has 0 unspecified atom stereocenters. The Morgan fingerprint density at radius 2 is 1.94 bits per heavy atom. The highest BCUT2D eigenvalue weighted by Gasteiger charge is 2.14. The third-order valence-electron chi connectivity index (χ3n) is 2.85. The smallest absolute Gasteiger partial charge is 0.284 e. The highest BCUT2D eigenvalue weighted by atomic mass is 32.1. The lowest BCUT2D eigenvalue weighted by molar-refractivity contribution is 0.517. The Hall–Kier alpha value is -1.36. The summed E-state index contributed by atoms with van der Waals surface area (Å²) in [7, 11) is 0. The van der Waals surface area contributed by atoms with Gasteiger partial charge in [-0.3, -0.25) is 14.3 Å². The molecular formula is C12H16N2O2S. The molecule has 2 aromatic heterocycles. The molecule has 0 aliphatic heterocycles. The molecule has 0 radical (unpaired) electrons. The van der Waals surface area contributed by atoms with Gasteiger partial charge in [-0.2, -0.15) is 0 Å². The molecule has 2 rings (SSSR count). The van der Waals surface area contributed by atoms with Crippen LogP contribution in [0.1, 0.15) is 24.3 Å². The highest BCUT2D eigenvalue weighted by Crippen LogP contribution is 2.26. The molecule has 0 aromatic carbocycles. The van der Waals surface area contributed by atoms with E-state index in [1.54, 1.807) is 4.57 Å². The summed E-state index contributed by atoms with van der Waals surface area (Å²) in [6, 6.07) is 0. The van der Waals surface area contributed by atoms with Gasteiger partial charge in [-0.1, -0.05) is 13.8 Å². The number of fused-ring (bicyclic) bond motifs is 1. The lowest BCUT2D eigenvalue weighted by atomic mass is 10.2. The van der Waals surface area contributed by atoms with Crippen LogP contribution in [0.5, 0.6) is 0 Å². The molecule has 0 atom stereocenters. The second-order valence-electron chi connectivity index (χ2n) is 4.73. The van der Waals surface area contributed by atoms with Crippen molar-refractivity contribution in [2.45, 2.75) is 34.2 Å². The van der Waals surface area contributed by atoms with E-state index in [4.69, 9.17) is 0 Å². The van der Waals surface area contributed by atoms with Gasteiger partial charge in [0.1, 0.15) is 4.83 Å². The Morgan fingerprint density at radius 1 is 1.29 bits per heavy atom. The van der Waals surface area contributed by atoms with Crippen molar-refractivity contribution in [3.8, 4) is 0 Å². The Kier molecular flexibility index (Phi) is 2.95. The van der Waals surface area contributed by atoms with Crippen LogP contribution in [0.4, 0.5) is 0 Å². The first kappa shape index (κ1) is 12.1. The van der Waals surface area contributed by atoms with Gasteiger partial charge >= 0.3 is 5.69 Å². The number of H-pyrrole nitrogens is 1. The van der Waals surface area contributed by atoms with Crippen LogP contribution in [0.15, 0.2) is 9.59 Å². The van der Waals surface area contributed by atoms with Crippen molar-refractivity contribution in [3.63, 3.8) is 0 Å². The maximum Gasteiger partial charge on any atom is 0.329 e. The Morgan fingerprint density at radius 3 is 2.53 bits per heavy atom. The molecule has 0 saturated carbocycles. The Balaban J connectivity index is 2.88. The fourth-order valence-corrected chi connectivity index (χ4v) is 3.08. The fourth-order valence-electron chi connectivity index (χ4n) is 1.92. The normalized spacial score (nSPS) is 11.6. The van der Waals surface area contributed by atoms with Crippen LogP contribution in [0.2, 0.25) is 0 Å². The van der Waals surface area contributed by atoms with Crippen LogP contribution in [-0.4, -0.2) is 9.55 Å². The van der Waals surface area contributed by atoms with Crippen molar-refractivity contribution in [1.29, 1.82) is 0 Å². The molecule has 0 amide bonds. The SMILES string of the molecule is Cc1sc2c(c1C)c(=O)[nH]c(=O)n2CC(C)C. The molecule has 0 spiro atoms. The topological polar surface area (TPSA) is 54.9 Å². The zero-order valence-electron chi connectivity index (χ0n) is 10.5. The van der Waals surface area contributed by atoms with Crippen molar-refractivity contribution in [2.24, 2.45) is 5.92 Å². The summed E-state index contributed by atoms with van der Waals surface area (Å²) in [6.07, 6.45) is 0. The third kappa shape index (κ3) is 1.95. The van der Waals surface area contributed by atoms with E-state index in [1.807, 2.05) is 13.8 Å². The molecule has 1 N–H and O–H groups in total. The predicted octanol–water partition coefficient (Wildman–Crippen LogP) is 2.02. The van der Waals surface area contributed by atoms with E-state index in [0.717, 1.165) is 15.3 Å². The highest BCUT2D eigenvalue weighted by molar-refractivity contribution is 7.18. The van der Waals surface area contributed by atoms with Gasteiger partial charge in [-0.15, -0.1) is 11.3 Å². The zero-order valence-corrected chi connectivity index (χ0v) is 11.3. The zero-order chi connectivity index (χ0) is 12.7. The average molecular weight is 252 g/mol. The van der Waals surface area contributed by atoms with Crippen molar-refractivity contribution < 1.29 is 0 Å². The molecule has 2 aromatic rings. The minimum Gasteiger partial charge on any atom is -0.284 e. The number of thiophene rings is 1. The van der Waals surface area contributed by atoms with E-state index < -0.39 is 0 Å². The van der Waals surface area contributed by atoms with Crippen LogP contribution in [0, 0.1) is 19.8 Å². The van der Waals surface area contributed by atoms with E-state index in [0.29, 0.717) is 17.8 Å². The lowest BCUT2D eigenvalue weighted by Gasteiger charge is -2.08. The average Bonchev–Trinajstić information content (AvgIpc) is 2.50. The largest absolute Gasteiger partial charge is 0.329 e.